The van der Waals surface area contributed by atoms with Gasteiger partial charge in [-0.3, -0.25) is 4.79 Å². The van der Waals surface area contributed by atoms with E-state index >= 15 is 0 Å². The first-order valence-electron chi connectivity index (χ1n) is 3.81. The lowest BCUT2D eigenvalue weighted by molar-refractivity contribution is -0.138. The highest BCUT2D eigenvalue weighted by atomic mass is 16.4. The maximum absolute atomic E-state index is 10.5. The van der Waals surface area contributed by atoms with Gasteiger partial charge in [0.15, 0.2) is 0 Å². The molecule has 3 N–H and O–H groups in total. The van der Waals surface area contributed by atoms with Gasteiger partial charge in [-0.15, -0.1) is 0 Å². The molecule has 5 nitrogen and oxygen atoms in total. The first-order valence-corrected chi connectivity index (χ1v) is 3.81. The van der Waals surface area contributed by atoms with Crippen molar-refractivity contribution in [3.8, 4) is 0 Å². The fourth-order valence-corrected chi connectivity index (χ4v) is 0.951. The Hall–Kier alpha value is -1.97. The number of nitrogens with two attached hydrogens (primary N) is 1. The zero-order valence-corrected chi connectivity index (χ0v) is 7.18. The number of aliphatic carboxylic acids is 1. The minimum Gasteiger partial charge on any atom is -0.480 e. The van der Waals surface area contributed by atoms with Crippen LogP contribution in [0.15, 0.2) is 29.3 Å². The molecule has 0 fully saturated rings. The van der Waals surface area contributed by atoms with Crippen LogP contribution in [0.3, 0.4) is 0 Å². The van der Waals surface area contributed by atoms with E-state index in [0.717, 1.165) is 0 Å². The van der Waals surface area contributed by atoms with Gasteiger partial charge in [0.1, 0.15) is 6.04 Å². The molecule has 0 heterocycles. The van der Waals surface area contributed by atoms with Crippen LogP contribution in [0.2, 0.25) is 0 Å². The van der Waals surface area contributed by atoms with Crippen LogP contribution in [0.1, 0.15) is 11.6 Å². The summed E-state index contributed by atoms with van der Waals surface area (Å²) in [6, 6.07) is 4.97. The summed E-state index contributed by atoms with van der Waals surface area (Å²) in [5, 5.41) is 8.60. The Morgan fingerprint density at radius 2 is 2.00 bits per heavy atom. The first kappa shape index (κ1) is 10.1. The molecular formula is C9H8N2O3. The molecule has 0 aromatic heterocycles. The van der Waals surface area contributed by atoms with Crippen molar-refractivity contribution in [2.75, 3.05) is 0 Å². The average Bonchev–Trinajstić information content (AvgIpc) is 2.18. The maximum Gasteiger partial charge on any atom is 0.325 e. The van der Waals surface area contributed by atoms with Crippen molar-refractivity contribution < 1.29 is 14.7 Å². The van der Waals surface area contributed by atoms with Crippen LogP contribution in [0.5, 0.6) is 0 Å². The number of benzene rings is 1. The summed E-state index contributed by atoms with van der Waals surface area (Å²) in [7, 11) is 0. The number of hydrogen-bond donors (Lipinski definition) is 2. The maximum atomic E-state index is 10.5. The van der Waals surface area contributed by atoms with E-state index < -0.39 is 12.0 Å². The molecule has 1 rings (SSSR count). The van der Waals surface area contributed by atoms with Gasteiger partial charge in [-0.2, -0.15) is 4.99 Å². The lowest BCUT2D eigenvalue weighted by atomic mass is 10.1. The number of aliphatic imine (C=N–C) groups is 1. The van der Waals surface area contributed by atoms with Crippen molar-refractivity contribution in [2.45, 2.75) is 6.04 Å². The molecule has 0 aliphatic carbocycles. The molecule has 0 aliphatic rings. The van der Waals surface area contributed by atoms with Crippen molar-refractivity contribution in [1.82, 2.24) is 0 Å². The summed E-state index contributed by atoms with van der Waals surface area (Å²) in [6.45, 7) is 0. The molecule has 0 amide bonds. The number of carbonyl (C=O) groups excluding carboxylic acids is 1. The second-order valence-corrected chi connectivity index (χ2v) is 2.61. The van der Waals surface area contributed by atoms with Crippen LogP contribution >= 0.6 is 0 Å². The second kappa shape index (κ2) is 4.32. The average molecular weight is 192 g/mol. The third kappa shape index (κ3) is 2.26. The molecule has 5 heteroatoms. The van der Waals surface area contributed by atoms with Crippen LogP contribution in [-0.4, -0.2) is 17.2 Å². The van der Waals surface area contributed by atoms with Crippen molar-refractivity contribution in [2.24, 2.45) is 10.7 Å². The van der Waals surface area contributed by atoms with E-state index in [9.17, 15) is 9.59 Å². The van der Waals surface area contributed by atoms with Gasteiger partial charge in [-0.05, 0) is 17.7 Å². The van der Waals surface area contributed by atoms with Gasteiger partial charge < -0.3 is 10.8 Å². The zero-order chi connectivity index (χ0) is 10.6. The molecular weight excluding hydrogens is 184 g/mol. The predicted molar refractivity (Wildman–Crippen MR) is 48.8 cm³/mol. The Bertz CT molecular complexity index is 380. The fourth-order valence-electron chi connectivity index (χ4n) is 0.951. The Labute approximate surface area is 79.9 Å². The Morgan fingerprint density at radius 1 is 1.43 bits per heavy atom. The van der Waals surface area contributed by atoms with Gasteiger partial charge in [0.2, 0.25) is 6.08 Å². The van der Waals surface area contributed by atoms with Crippen LogP contribution in [-0.2, 0) is 9.59 Å². The lowest BCUT2D eigenvalue weighted by Crippen LogP contribution is -2.20. The number of carboxylic acid groups (broad SMARTS) is 1. The number of nitrogens with zero attached hydrogens (tertiary/aromatic N) is 1. The second-order valence-electron chi connectivity index (χ2n) is 2.61. The van der Waals surface area contributed by atoms with Gasteiger partial charge in [0.25, 0.3) is 0 Å². The molecule has 0 aliphatic heterocycles. The molecule has 1 aromatic rings. The lowest BCUT2D eigenvalue weighted by Gasteiger charge is -2.05. The third-order valence-corrected chi connectivity index (χ3v) is 1.69. The van der Waals surface area contributed by atoms with E-state index in [1.807, 2.05) is 0 Å². The van der Waals surface area contributed by atoms with Crippen molar-refractivity contribution in [3.63, 3.8) is 0 Å². The number of carboxylic acids is 1. The van der Waals surface area contributed by atoms with E-state index in [4.69, 9.17) is 10.8 Å². The molecule has 72 valence electrons. The zero-order valence-electron chi connectivity index (χ0n) is 7.18. The standard InChI is InChI=1S/C9H8N2O3/c10-8(9(13)14)6-1-3-7(4-2-6)11-5-12/h1-4,8H,10H2,(H,13,14). The normalized spacial score (nSPS) is 11.5. The Balaban J connectivity index is 2.93. The number of carbonyl (C=O) groups is 1. The largest absolute Gasteiger partial charge is 0.480 e. The Kier molecular flexibility index (Phi) is 3.12. The van der Waals surface area contributed by atoms with Crippen LogP contribution in [0, 0.1) is 0 Å². The van der Waals surface area contributed by atoms with Crippen molar-refractivity contribution >= 4 is 17.7 Å². The quantitative estimate of drug-likeness (QED) is 0.545. The van der Waals surface area contributed by atoms with Gasteiger partial charge in [-0.1, -0.05) is 12.1 Å². The Morgan fingerprint density at radius 3 is 2.43 bits per heavy atom. The highest BCUT2D eigenvalue weighted by Crippen LogP contribution is 2.16. The number of isocyanates is 1. The highest BCUT2D eigenvalue weighted by Gasteiger charge is 2.13. The van der Waals surface area contributed by atoms with Crippen molar-refractivity contribution in [3.05, 3.63) is 29.8 Å². The summed E-state index contributed by atoms with van der Waals surface area (Å²) in [5.41, 5.74) is 6.23. The monoisotopic (exact) mass is 192 g/mol. The molecule has 14 heavy (non-hydrogen) atoms. The summed E-state index contributed by atoms with van der Waals surface area (Å²) in [5.74, 6) is -1.10. The summed E-state index contributed by atoms with van der Waals surface area (Å²) >= 11 is 0. The van der Waals surface area contributed by atoms with E-state index in [-0.39, 0.29) is 0 Å². The van der Waals surface area contributed by atoms with Gasteiger partial charge in [0.05, 0.1) is 5.69 Å². The first-order chi connectivity index (χ1) is 6.65. The third-order valence-electron chi connectivity index (χ3n) is 1.69. The summed E-state index contributed by atoms with van der Waals surface area (Å²) < 4.78 is 0. The number of hydrogen-bond acceptors (Lipinski definition) is 4. The topological polar surface area (TPSA) is 92.8 Å². The highest BCUT2D eigenvalue weighted by molar-refractivity contribution is 5.75. The molecule has 0 saturated heterocycles. The molecule has 1 aromatic carbocycles. The van der Waals surface area contributed by atoms with E-state index in [2.05, 4.69) is 4.99 Å². The van der Waals surface area contributed by atoms with E-state index in [0.29, 0.717) is 11.3 Å². The van der Waals surface area contributed by atoms with Crippen LogP contribution in [0.25, 0.3) is 0 Å². The molecule has 0 bridgehead atoms. The molecule has 1 atom stereocenters. The van der Waals surface area contributed by atoms with Gasteiger partial charge >= 0.3 is 5.97 Å². The summed E-state index contributed by atoms with van der Waals surface area (Å²) in [4.78, 5) is 23.7. The minimum atomic E-state index is -1.10. The number of rotatable bonds is 3. The van der Waals surface area contributed by atoms with Gasteiger partial charge in [-0.25, -0.2) is 4.79 Å². The molecule has 0 spiro atoms. The fraction of sp³-hybridized carbons (Fsp3) is 0.111. The molecule has 0 saturated carbocycles. The van der Waals surface area contributed by atoms with Gasteiger partial charge in [0, 0.05) is 0 Å². The summed E-state index contributed by atoms with van der Waals surface area (Å²) in [6.07, 6.45) is 1.38. The molecule has 0 radical (unpaired) electrons. The SMILES string of the molecule is NC(C(=O)O)c1ccc(N=C=O)cc1. The molecule has 1 unspecified atom stereocenters. The smallest absolute Gasteiger partial charge is 0.325 e. The van der Waals surface area contributed by atoms with Crippen LogP contribution in [0.4, 0.5) is 5.69 Å². The van der Waals surface area contributed by atoms with Crippen LogP contribution < -0.4 is 5.73 Å². The minimum absolute atomic E-state index is 0.418. The van der Waals surface area contributed by atoms with Crippen molar-refractivity contribution in [1.29, 1.82) is 0 Å². The van der Waals surface area contributed by atoms with E-state index in [1.165, 1.54) is 30.3 Å². The van der Waals surface area contributed by atoms with E-state index in [1.54, 1.807) is 0 Å². The predicted octanol–water partition coefficient (Wildman–Crippen LogP) is 0.738.